The summed E-state index contributed by atoms with van der Waals surface area (Å²) in [6.07, 6.45) is 1.91. The molecule has 0 fully saturated rings. The van der Waals surface area contributed by atoms with Crippen LogP contribution in [0.2, 0.25) is 0 Å². The number of ether oxygens (including phenoxy) is 2. The fraction of sp³-hybridized carbons (Fsp3) is 0.600. The van der Waals surface area contributed by atoms with Crippen molar-refractivity contribution < 1.29 is 9.47 Å². The van der Waals surface area contributed by atoms with E-state index in [-0.39, 0.29) is 11.6 Å². The van der Waals surface area contributed by atoms with Gasteiger partial charge in [-0.1, -0.05) is 18.2 Å². The number of rotatable bonds is 6. The van der Waals surface area contributed by atoms with Crippen LogP contribution in [0.3, 0.4) is 0 Å². The quantitative estimate of drug-likeness (QED) is 0.611. The van der Waals surface area contributed by atoms with E-state index in [2.05, 4.69) is 25.3 Å². The summed E-state index contributed by atoms with van der Waals surface area (Å²) in [5.41, 5.74) is 4.08. The van der Waals surface area contributed by atoms with Crippen LogP contribution in [0.1, 0.15) is 38.2 Å². The maximum absolute atomic E-state index is 5.73. The number of hydrogen-bond donors (Lipinski definition) is 2. The van der Waals surface area contributed by atoms with Gasteiger partial charge in [0.25, 0.3) is 0 Å². The van der Waals surface area contributed by atoms with E-state index in [1.165, 1.54) is 5.56 Å². The Balaban J connectivity index is 2.04. The number of para-hydroxylation sites is 1. The van der Waals surface area contributed by atoms with Gasteiger partial charge in [0.2, 0.25) is 0 Å². The van der Waals surface area contributed by atoms with Gasteiger partial charge in [0.05, 0.1) is 12.2 Å². The van der Waals surface area contributed by atoms with Crippen molar-refractivity contribution in [2.45, 2.75) is 44.2 Å². The van der Waals surface area contributed by atoms with E-state index < -0.39 is 0 Å². The first kappa shape index (κ1) is 14.3. The Morgan fingerprint density at radius 3 is 2.89 bits per heavy atom. The van der Waals surface area contributed by atoms with Crippen LogP contribution in [-0.2, 0) is 4.74 Å². The number of benzene rings is 1. The molecule has 1 aromatic carbocycles. The van der Waals surface area contributed by atoms with Crippen molar-refractivity contribution in [3.63, 3.8) is 0 Å². The summed E-state index contributed by atoms with van der Waals surface area (Å²) in [4.78, 5) is 0. The highest BCUT2D eigenvalue weighted by molar-refractivity contribution is 5.40. The van der Waals surface area contributed by atoms with Gasteiger partial charge in [-0.25, -0.2) is 0 Å². The van der Waals surface area contributed by atoms with Crippen molar-refractivity contribution in [3.8, 4) is 5.75 Å². The van der Waals surface area contributed by atoms with Gasteiger partial charge in [-0.15, -0.1) is 0 Å². The smallest absolute Gasteiger partial charge is 0.122 e. The van der Waals surface area contributed by atoms with Crippen LogP contribution in [0.15, 0.2) is 24.3 Å². The maximum Gasteiger partial charge on any atom is 0.122 e. The number of nitrogens with one attached hydrogen (secondary N) is 1. The topological polar surface area (TPSA) is 56.5 Å². The molecular formula is C15H24N2O2. The molecule has 4 nitrogen and oxygen atoms in total. The molecule has 106 valence electrons. The predicted octanol–water partition coefficient (Wildman–Crippen LogP) is 2.20. The van der Waals surface area contributed by atoms with E-state index in [0.29, 0.717) is 12.5 Å². The van der Waals surface area contributed by atoms with Crippen molar-refractivity contribution in [1.29, 1.82) is 0 Å². The third kappa shape index (κ3) is 3.26. The van der Waals surface area contributed by atoms with Crippen molar-refractivity contribution in [3.05, 3.63) is 29.8 Å². The molecule has 1 heterocycles. The summed E-state index contributed by atoms with van der Waals surface area (Å²) in [6.45, 7) is 4.89. The lowest BCUT2D eigenvalue weighted by molar-refractivity contribution is 0.0109. The van der Waals surface area contributed by atoms with Crippen LogP contribution in [0.25, 0.3) is 0 Å². The van der Waals surface area contributed by atoms with E-state index in [1.54, 1.807) is 7.11 Å². The molecule has 2 atom stereocenters. The number of hydrogen-bond acceptors (Lipinski definition) is 4. The van der Waals surface area contributed by atoms with Gasteiger partial charge in [0.15, 0.2) is 0 Å². The minimum atomic E-state index is -0.117. The molecule has 2 rings (SSSR count). The fourth-order valence-corrected chi connectivity index (χ4v) is 2.53. The van der Waals surface area contributed by atoms with Crippen molar-refractivity contribution in [1.82, 2.24) is 5.43 Å². The zero-order valence-corrected chi connectivity index (χ0v) is 12.0. The van der Waals surface area contributed by atoms with Crippen LogP contribution < -0.4 is 16.0 Å². The standard InChI is InChI=1S/C15H24N2O2/c1-15(2,18-3)9-8-13(17-16)12-10-19-14-7-5-4-6-11(12)14/h4-7,12-13,17H,8-10,16H2,1-3H3. The first-order valence-electron chi connectivity index (χ1n) is 6.80. The SMILES string of the molecule is COC(C)(C)CCC(NN)C1COc2ccccc21. The third-order valence-corrected chi connectivity index (χ3v) is 4.05. The van der Waals surface area contributed by atoms with Crippen LogP contribution >= 0.6 is 0 Å². The average molecular weight is 264 g/mol. The van der Waals surface area contributed by atoms with Gasteiger partial charge in [0, 0.05) is 24.6 Å². The lowest BCUT2D eigenvalue weighted by atomic mass is 9.88. The summed E-state index contributed by atoms with van der Waals surface area (Å²) in [7, 11) is 1.75. The summed E-state index contributed by atoms with van der Waals surface area (Å²) >= 11 is 0. The molecule has 0 saturated heterocycles. The third-order valence-electron chi connectivity index (χ3n) is 4.05. The first-order valence-corrected chi connectivity index (χ1v) is 6.80. The lowest BCUT2D eigenvalue weighted by Crippen LogP contribution is -2.41. The van der Waals surface area contributed by atoms with Gasteiger partial charge in [-0.3, -0.25) is 11.3 Å². The Kier molecular flexibility index (Phi) is 4.45. The van der Waals surface area contributed by atoms with Crippen LogP contribution in [0.5, 0.6) is 5.75 Å². The maximum atomic E-state index is 5.73. The molecule has 0 spiro atoms. The summed E-state index contributed by atoms with van der Waals surface area (Å²) < 4.78 is 11.2. The van der Waals surface area contributed by atoms with Crippen molar-refractivity contribution >= 4 is 0 Å². The van der Waals surface area contributed by atoms with E-state index in [1.807, 2.05) is 18.2 Å². The minimum Gasteiger partial charge on any atom is -0.493 e. The Morgan fingerprint density at radius 2 is 2.21 bits per heavy atom. The monoisotopic (exact) mass is 264 g/mol. The molecule has 1 aliphatic heterocycles. The number of fused-ring (bicyclic) bond motifs is 1. The second-order valence-electron chi connectivity index (χ2n) is 5.73. The lowest BCUT2D eigenvalue weighted by Gasteiger charge is -2.28. The molecule has 0 saturated carbocycles. The molecule has 0 radical (unpaired) electrons. The molecule has 0 bridgehead atoms. The predicted molar refractivity (Wildman–Crippen MR) is 76.1 cm³/mol. The molecule has 3 N–H and O–H groups in total. The second kappa shape index (κ2) is 5.90. The molecule has 0 aliphatic carbocycles. The Bertz CT molecular complexity index is 420. The highest BCUT2D eigenvalue weighted by Gasteiger charge is 2.31. The molecule has 1 aliphatic rings. The minimum absolute atomic E-state index is 0.117. The number of nitrogens with two attached hydrogens (primary N) is 1. The van der Waals surface area contributed by atoms with Crippen LogP contribution in [0, 0.1) is 0 Å². The molecule has 1 aromatic rings. The normalized spacial score (nSPS) is 19.9. The van der Waals surface area contributed by atoms with E-state index in [4.69, 9.17) is 15.3 Å². The van der Waals surface area contributed by atoms with Gasteiger partial charge in [0.1, 0.15) is 5.75 Å². The molecule has 2 unspecified atom stereocenters. The number of methoxy groups -OCH3 is 1. The van der Waals surface area contributed by atoms with E-state index >= 15 is 0 Å². The molecule has 19 heavy (non-hydrogen) atoms. The first-order chi connectivity index (χ1) is 9.07. The molecule has 4 heteroatoms. The zero-order valence-electron chi connectivity index (χ0n) is 12.0. The molecule has 0 amide bonds. The molecule has 0 aromatic heterocycles. The van der Waals surface area contributed by atoms with Gasteiger partial charge in [-0.2, -0.15) is 0 Å². The average Bonchev–Trinajstić information content (AvgIpc) is 2.84. The second-order valence-corrected chi connectivity index (χ2v) is 5.73. The molecular weight excluding hydrogens is 240 g/mol. The van der Waals surface area contributed by atoms with Crippen molar-refractivity contribution in [2.24, 2.45) is 5.84 Å². The fourth-order valence-electron chi connectivity index (χ4n) is 2.53. The summed E-state index contributed by atoms with van der Waals surface area (Å²) in [5, 5.41) is 0. The van der Waals surface area contributed by atoms with Crippen molar-refractivity contribution in [2.75, 3.05) is 13.7 Å². The Morgan fingerprint density at radius 1 is 1.47 bits per heavy atom. The van der Waals surface area contributed by atoms with Gasteiger partial charge < -0.3 is 9.47 Å². The Hall–Kier alpha value is -1.10. The van der Waals surface area contributed by atoms with E-state index in [0.717, 1.165) is 18.6 Å². The highest BCUT2D eigenvalue weighted by Crippen LogP contribution is 2.37. The van der Waals surface area contributed by atoms with E-state index in [9.17, 15) is 0 Å². The van der Waals surface area contributed by atoms with Crippen LogP contribution in [0.4, 0.5) is 0 Å². The van der Waals surface area contributed by atoms with Gasteiger partial charge in [-0.05, 0) is 32.8 Å². The summed E-state index contributed by atoms with van der Waals surface area (Å²) in [6, 6.07) is 8.40. The Labute approximate surface area is 115 Å². The zero-order chi connectivity index (χ0) is 13.9. The van der Waals surface area contributed by atoms with Crippen LogP contribution in [-0.4, -0.2) is 25.4 Å². The highest BCUT2D eigenvalue weighted by atomic mass is 16.5. The largest absolute Gasteiger partial charge is 0.493 e. The summed E-state index contributed by atoms with van der Waals surface area (Å²) in [5.74, 6) is 7.03. The number of hydrazine groups is 1. The van der Waals surface area contributed by atoms with Gasteiger partial charge >= 0.3 is 0 Å².